The molecule has 7 rings (SSSR count). The molecule has 2 saturated heterocycles. The van der Waals surface area contributed by atoms with Gasteiger partial charge in [-0.2, -0.15) is 0 Å². The van der Waals surface area contributed by atoms with Gasteiger partial charge in [-0.3, -0.25) is 4.90 Å². The number of ether oxygens (including phenoxy) is 3. The maximum atomic E-state index is 12.7. The van der Waals surface area contributed by atoms with Crippen molar-refractivity contribution < 1.29 is 34.3 Å². The number of rotatable bonds is 10. The van der Waals surface area contributed by atoms with Crippen molar-refractivity contribution in [3.63, 3.8) is 0 Å². The first kappa shape index (κ1) is 34.5. The van der Waals surface area contributed by atoms with Crippen LogP contribution in [0, 0.1) is 35.5 Å². The lowest BCUT2D eigenvalue weighted by Crippen LogP contribution is -2.61. The van der Waals surface area contributed by atoms with Crippen LogP contribution in [0.3, 0.4) is 0 Å². The van der Waals surface area contributed by atoms with Crippen molar-refractivity contribution in [3.8, 4) is 0 Å². The summed E-state index contributed by atoms with van der Waals surface area (Å²) in [5.41, 5.74) is 2.89. The predicted molar refractivity (Wildman–Crippen MR) is 187 cm³/mol. The first-order valence-corrected chi connectivity index (χ1v) is 18.9. The average Bonchev–Trinajstić information content (AvgIpc) is 3.76. The van der Waals surface area contributed by atoms with Gasteiger partial charge in [-0.1, -0.05) is 63.1 Å². The number of allylic oxidation sites excluding steroid dienone is 1. The first-order valence-electron chi connectivity index (χ1n) is 18.9. The molecule has 0 radical (unpaired) electrons. The van der Waals surface area contributed by atoms with E-state index in [2.05, 4.69) is 61.2 Å². The number of methoxy groups -OCH3 is 1. The largest absolute Gasteiger partial charge is 0.492 e. The third-order valence-corrected chi connectivity index (χ3v) is 12.7. The molecule has 1 aromatic carbocycles. The number of aliphatic hydroxyl groups is 3. The number of hydrogen-bond acceptors (Lipinski definition) is 8. The van der Waals surface area contributed by atoms with E-state index in [-0.39, 0.29) is 47.6 Å². The molecule has 0 spiro atoms. The lowest BCUT2D eigenvalue weighted by Gasteiger charge is -2.53. The van der Waals surface area contributed by atoms with Gasteiger partial charge in [-0.15, -0.1) is 0 Å². The summed E-state index contributed by atoms with van der Waals surface area (Å²) in [6, 6.07) is 9.30. The number of benzene rings is 1. The number of aryl methyl sites for hydroxylation is 1. The Bertz CT molecular complexity index is 1510. The summed E-state index contributed by atoms with van der Waals surface area (Å²) in [7, 11) is 1.45. The molecule has 2 aliphatic carbocycles. The normalized spacial score (nSPS) is 36.4. The maximum Gasteiger partial charge on any atom is 0.345 e. The van der Waals surface area contributed by atoms with Crippen LogP contribution in [0.2, 0.25) is 0 Å². The van der Waals surface area contributed by atoms with E-state index in [1.165, 1.54) is 37.5 Å². The average molecular weight is 674 g/mol. The van der Waals surface area contributed by atoms with E-state index in [0.717, 1.165) is 57.2 Å². The van der Waals surface area contributed by atoms with Crippen LogP contribution in [-0.2, 0) is 25.4 Å². The molecule has 0 amide bonds. The number of esters is 1. The quantitative estimate of drug-likeness (QED) is 0.155. The van der Waals surface area contributed by atoms with Gasteiger partial charge < -0.3 is 29.5 Å². The molecule has 10 atom stereocenters. The minimum absolute atomic E-state index is 0.00929. The highest BCUT2D eigenvalue weighted by atomic mass is 16.6. The second kappa shape index (κ2) is 14.7. The summed E-state index contributed by atoms with van der Waals surface area (Å²) < 4.78 is 17.8. The number of piperidine rings is 1. The molecule has 49 heavy (non-hydrogen) atoms. The number of aliphatic hydroxyl groups excluding tert-OH is 3. The molecule has 0 unspecified atom stereocenters. The number of nitrogens with zero attached hydrogens (tertiary/aromatic N) is 1. The van der Waals surface area contributed by atoms with Gasteiger partial charge in [-0.25, -0.2) is 4.79 Å². The van der Waals surface area contributed by atoms with E-state index in [9.17, 15) is 20.1 Å². The van der Waals surface area contributed by atoms with Crippen molar-refractivity contribution in [2.45, 2.75) is 102 Å². The van der Waals surface area contributed by atoms with E-state index in [4.69, 9.17) is 14.2 Å². The van der Waals surface area contributed by atoms with Crippen molar-refractivity contribution in [3.05, 3.63) is 82.2 Å². The zero-order valence-electron chi connectivity index (χ0n) is 29.4. The minimum Gasteiger partial charge on any atom is -0.492 e. The molecule has 3 N–H and O–H groups in total. The van der Waals surface area contributed by atoms with Crippen LogP contribution in [0.4, 0.5) is 0 Å². The smallest absolute Gasteiger partial charge is 0.345 e. The predicted octanol–water partition coefficient (Wildman–Crippen LogP) is 6.14. The fourth-order valence-electron chi connectivity index (χ4n) is 10.4. The number of unbranched alkanes of at least 4 members (excludes halogenated alkanes) is 2. The van der Waals surface area contributed by atoms with Crippen LogP contribution >= 0.6 is 0 Å². The van der Waals surface area contributed by atoms with Crippen LogP contribution < -0.4 is 0 Å². The van der Waals surface area contributed by atoms with Crippen LogP contribution in [0.5, 0.6) is 0 Å². The fraction of sp³-hybridized carbons (Fsp3) is 0.634. The second-order valence-electron chi connectivity index (χ2n) is 15.5. The summed E-state index contributed by atoms with van der Waals surface area (Å²) in [4.78, 5) is 15.3. The van der Waals surface area contributed by atoms with Crippen LogP contribution in [0.15, 0.2) is 71.1 Å². The van der Waals surface area contributed by atoms with Gasteiger partial charge in [-0.05, 0) is 92.2 Å². The number of carbonyl (C=O) groups is 1. The minimum atomic E-state index is -0.658. The Morgan fingerprint density at radius 2 is 1.96 bits per heavy atom. The molecular weight excluding hydrogens is 618 g/mol. The van der Waals surface area contributed by atoms with Crippen LogP contribution in [0.25, 0.3) is 0 Å². The molecule has 6 aliphatic rings. The molecule has 0 aromatic heterocycles. The van der Waals surface area contributed by atoms with Gasteiger partial charge in [0.1, 0.15) is 11.3 Å². The summed E-state index contributed by atoms with van der Waals surface area (Å²) in [6.07, 6.45) is 16.9. The molecular formula is C41H55NO7. The van der Waals surface area contributed by atoms with E-state index in [1.54, 1.807) is 0 Å². The van der Waals surface area contributed by atoms with Crippen molar-refractivity contribution >= 4 is 5.97 Å². The molecule has 8 nitrogen and oxygen atoms in total. The first-order chi connectivity index (χ1) is 23.9. The number of hydrogen-bond donors (Lipinski definition) is 3. The van der Waals surface area contributed by atoms with E-state index < -0.39 is 24.6 Å². The van der Waals surface area contributed by atoms with Gasteiger partial charge in [0.2, 0.25) is 5.76 Å². The summed E-state index contributed by atoms with van der Waals surface area (Å²) in [5.74, 6) is 2.01. The Morgan fingerprint density at radius 1 is 1.10 bits per heavy atom. The highest BCUT2D eigenvalue weighted by Crippen LogP contribution is 2.57. The van der Waals surface area contributed by atoms with Crippen molar-refractivity contribution in [1.82, 2.24) is 4.90 Å². The number of carbonyl (C=O) groups excluding carboxylic acids is 1. The molecule has 3 fully saturated rings. The van der Waals surface area contributed by atoms with Gasteiger partial charge >= 0.3 is 5.97 Å². The Balaban J connectivity index is 1.27. The van der Waals surface area contributed by atoms with E-state index in [0.29, 0.717) is 29.4 Å². The van der Waals surface area contributed by atoms with Gasteiger partial charge in [0, 0.05) is 30.5 Å². The SMILES string of the molecule is CCCCCc1cccc([C@@H]2CC[C@@H]3[C@@H]2C[C@@H]2[C@H]4C(=CCCN2[C@@H]3[C@@H](O)[C@@H]2C=CC[C@@H](C)C2)OC(=C2OC(=O)C(CO)=C2OC)[C@H]4CO)c1. The Kier molecular flexibility index (Phi) is 10.4. The Hall–Kier alpha value is -2.91. The highest BCUT2D eigenvalue weighted by molar-refractivity contribution is 5.94. The van der Waals surface area contributed by atoms with Crippen molar-refractivity contribution in [1.29, 1.82) is 0 Å². The van der Waals surface area contributed by atoms with Crippen LogP contribution in [0.1, 0.15) is 88.7 Å². The zero-order valence-corrected chi connectivity index (χ0v) is 29.4. The van der Waals surface area contributed by atoms with Gasteiger partial charge in [0.25, 0.3) is 0 Å². The molecule has 8 heteroatoms. The number of cyclic esters (lactones) is 1. The topological polar surface area (TPSA) is 109 Å². The molecule has 1 saturated carbocycles. The summed E-state index contributed by atoms with van der Waals surface area (Å²) in [5, 5.41) is 33.4. The fourth-order valence-corrected chi connectivity index (χ4v) is 10.4. The molecule has 4 heterocycles. The van der Waals surface area contributed by atoms with Gasteiger partial charge in [0.05, 0.1) is 32.3 Å². The molecule has 0 bridgehead atoms. The summed E-state index contributed by atoms with van der Waals surface area (Å²) >= 11 is 0. The Labute approximate surface area is 291 Å². The molecule has 4 aliphatic heterocycles. The van der Waals surface area contributed by atoms with Gasteiger partial charge in [0.15, 0.2) is 11.5 Å². The van der Waals surface area contributed by atoms with Crippen LogP contribution in [-0.4, -0.2) is 71.2 Å². The summed E-state index contributed by atoms with van der Waals surface area (Å²) in [6.45, 7) is 4.65. The number of fused-ring (bicyclic) bond motifs is 4. The monoisotopic (exact) mass is 673 g/mol. The molecule has 1 aromatic rings. The van der Waals surface area contributed by atoms with Crippen molar-refractivity contribution in [2.75, 3.05) is 26.9 Å². The zero-order chi connectivity index (χ0) is 34.2. The second-order valence-corrected chi connectivity index (χ2v) is 15.5. The Morgan fingerprint density at radius 3 is 2.71 bits per heavy atom. The third-order valence-electron chi connectivity index (χ3n) is 12.7. The lowest BCUT2D eigenvalue weighted by atomic mass is 9.66. The third kappa shape index (κ3) is 6.32. The van der Waals surface area contributed by atoms with Crippen molar-refractivity contribution in [2.24, 2.45) is 35.5 Å². The van der Waals surface area contributed by atoms with E-state index >= 15 is 0 Å². The standard InChI is InChI=1S/C41H55NO7/c1-4-5-6-11-25-12-8-13-26(20-25)28-16-17-29-30(28)21-33-35-31(22-43)39(40-38(47-3)32(23-44)41(46)49-40)48-34(35)15-9-18-42(33)36(29)37(45)27-14-7-10-24(2)19-27/h7-8,12-15,20,24,27-31,33,35-37,43-45H,4-6,9-11,16-19,21-23H2,1-3H3/t24-,27-,28+,29-,30-,31+,33-,35+,36+,37+/m1/s1. The highest BCUT2D eigenvalue weighted by Gasteiger charge is 2.58. The van der Waals surface area contributed by atoms with E-state index in [1.807, 2.05) is 0 Å². The lowest BCUT2D eigenvalue weighted by molar-refractivity contribution is -0.134. The maximum absolute atomic E-state index is 12.7. The molecule has 266 valence electrons.